The molecule has 1 aliphatic rings. The van der Waals surface area contributed by atoms with Crippen molar-refractivity contribution in [2.24, 2.45) is 7.05 Å². The molecule has 0 aliphatic heterocycles. The lowest BCUT2D eigenvalue weighted by Crippen LogP contribution is -2.28. The van der Waals surface area contributed by atoms with E-state index in [1.165, 1.54) is 37.8 Å². The fraction of sp³-hybridized carbons (Fsp3) is 0.588. The van der Waals surface area contributed by atoms with Crippen molar-refractivity contribution in [3.8, 4) is 0 Å². The number of aromatic nitrogens is 4. The van der Waals surface area contributed by atoms with E-state index in [1.807, 2.05) is 6.20 Å². The van der Waals surface area contributed by atoms with Crippen molar-refractivity contribution in [2.75, 3.05) is 6.54 Å². The summed E-state index contributed by atoms with van der Waals surface area (Å²) >= 11 is 0. The first kappa shape index (κ1) is 15.8. The van der Waals surface area contributed by atoms with Gasteiger partial charge >= 0.3 is 0 Å². The van der Waals surface area contributed by atoms with Crippen LogP contribution in [0.2, 0.25) is 0 Å². The Balaban J connectivity index is 1.60. The highest BCUT2D eigenvalue weighted by atomic mass is 16.2. The minimum Gasteiger partial charge on any atom is -0.350 e. The molecule has 2 aromatic rings. The second kappa shape index (κ2) is 6.98. The molecule has 23 heavy (non-hydrogen) atoms. The van der Waals surface area contributed by atoms with Gasteiger partial charge in [-0.15, -0.1) is 0 Å². The molecule has 1 N–H and O–H groups in total. The molecule has 0 unspecified atom stereocenters. The van der Waals surface area contributed by atoms with Crippen LogP contribution in [-0.2, 0) is 13.5 Å². The van der Waals surface area contributed by atoms with Crippen LogP contribution in [0.25, 0.3) is 0 Å². The van der Waals surface area contributed by atoms with Crippen LogP contribution in [0.4, 0.5) is 0 Å². The van der Waals surface area contributed by atoms with Gasteiger partial charge in [-0.2, -0.15) is 5.10 Å². The van der Waals surface area contributed by atoms with Gasteiger partial charge in [-0.3, -0.25) is 9.48 Å². The Kier molecular flexibility index (Phi) is 4.79. The van der Waals surface area contributed by atoms with Crippen molar-refractivity contribution < 1.29 is 4.79 Å². The van der Waals surface area contributed by atoms with Crippen molar-refractivity contribution in [1.82, 2.24) is 24.6 Å². The zero-order valence-corrected chi connectivity index (χ0v) is 14.0. The average molecular weight is 315 g/mol. The molecule has 0 bridgehead atoms. The minimum atomic E-state index is -0.0857. The summed E-state index contributed by atoms with van der Waals surface area (Å²) in [4.78, 5) is 16.7. The van der Waals surface area contributed by atoms with E-state index in [1.54, 1.807) is 24.0 Å². The highest BCUT2D eigenvalue weighted by Crippen LogP contribution is 2.30. The van der Waals surface area contributed by atoms with Crippen LogP contribution in [0.3, 0.4) is 0 Å². The number of nitrogens with zero attached hydrogens (tertiary/aromatic N) is 4. The molecule has 0 radical (unpaired) electrons. The van der Waals surface area contributed by atoms with Gasteiger partial charge in [0.1, 0.15) is 11.5 Å². The molecule has 2 heterocycles. The van der Waals surface area contributed by atoms with Crippen LogP contribution in [0.5, 0.6) is 0 Å². The smallest absolute Gasteiger partial charge is 0.269 e. The van der Waals surface area contributed by atoms with Gasteiger partial charge in [-0.25, -0.2) is 4.98 Å². The van der Waals surface area contributed by atoms with Crippen LogP contribution in [0.1, 0.15) is 60.2 Å². The monoisotopic (exact) mass is 315 g/mol. The maximum Gasteiger partial charge on any atom is 0.269 e. The molecule has 3 rings (SSSR count). The summed E-state index contributed by atoms with van der Waals surface area (Å²) in [5.41, 5.74) is 1.81. The van der Waals surface area contributed by atoms with Gasteiger partial charge in [-0.1, -0.05) is 19.3 Å². The van der Waals surface area contributed by atoms with Gasteiger partial charge in [0, 0.05) is 44.1 Å². The molecule has 0 spiro atoms. The Hall–Kier alpha value is -2.11. The molecule has 1 saturated carbocycles. The van der Waals surface area contributed by atoms with E-state index in [0.29, 0.717) is 18.3 Å². The topological polar surface area (TPSA) is 64.7 Å². The molecular weight excluding hydrogens is 290 g/mol. The Labute approximate surface area is 136 Å². The molecule has 1 amide bonds. The predicted molar refractivity (Wildman–Crippen MR) is 88.3 cm³/mol. The van der Waals surface area contributed by atoms with Crippen LogP contribution in [0.15, 0.2) is 18.5 Å². The first-order valence-corrected chi connectivity index (χ1v) is 8.45. The molecule has 124 valence electrons. The molecule has 2 aromatic heterocycles. The fourth-order valence-electron chi connectivity index (χ4n) is 3.49. The van der Waals surface area contributed by atoms with Crippen LogP contribution < -0.4 is 5.32 Å². The van der Waals surface area contributed by atoms with Crippen LogP contribution in [-0.4, -0.2) is 31.8 Å². The third kappa shape index (κ3) is 3.46. The second-order valence-electron chi connectivity index (χ2n) is 6.32. The number of hydrogen-bond donors (Lipinski definition) is 1. The van der Waals surface area contributed by atoms with E-state index in [0.717, 1.165) is 12.2 Å². The van der Waals surface area contributed by atoms with Gasteiger partial charge < -0.3 is 9.88 Å². The molecule has 6 nitrogen and oxygen atoms in total. The number of rotatable bonds is 5. The first-order chi connectivity index (χ1) is 11.2. The highest BCUT2D eigenvalue weighted by molar-refractivity contribution is 5.92. The van der Waals surface area contributed by atoms with E-state index in [9.17, 15) is 4.79 Å². The lowest BCUT2D eigenvalue weighted by Gasteiger charge is -2.26. The quantitative estimate of drug-likeness (QED) is 0.921. The summed E-state index contributed by atoms with van der Waals surface area (Å²) in [5.74, 6) is 0.997. The van der Waals surface area contributed by atoms with Crippen molar-refractivity contribution >= 4 is 5.91 Å². The van der Waals surface area contributed by atoms with Crippen LogP contribution >= 0.6 is 0 Å². The Morgan fingerprint density at radius 2 is 2.13 bits per heavy atom. The van der Waals surface area contributed by atoms with E-state index in [-0.39, 0.29) is 5.91 Å². The number of imidazole rings is 1. The third-order valence-corrected chi connectivity index (χ3v) is 4.69. The minimum absolute atomic E-state index is 0.0857. The normalized spacial score (nSPS) is 15.7. The molecule has 0 aromatic carbocycles. The maximum absolute atomic E-state index is 12.1. The lowest BCUT2D eigenvalue weighted by molar-refractivity contribution is 0.0944. The van der Waals surface area contributed by atoms with E-state index in [2.05, 4.69) is 26.9 Å². The summed E-state index contributed by atoms with van der Waals surface area (Å²) < 4.78 is 3.97. The highest BCUT2D eigenvalue weighted by Gasteiger charge is 2.20. The standard InChI is InChI=1S/C17H25N5O/c1-13-12-19-16(22(13)14-6-4-3-5-7-14)9-10-18-17(23)15-8-11-20-21(15)2/h8,11-12,14H,3-7,9-10H2,1-2H3,(H,18,23). The van der Waals surface area contributed by atoms with Crippen molar-refractivity contribution in [2.45, 2.75) is 51.5 Å². The largest absolute Gasteiger partial charge is 0.350 e. The molecule has 0 atom stereocenters. The number of aryl methyl sites for hydroxylation is 2. The molecule has 1 fully saturated rings. The fourth-order valence-corrected chi connectivity index (χ4v) is 3.49. The second-order valence-corrected chi connectivity index (χ2v) is 6.32. The summed E-state index contributed by atoms with van der Waals surface area (Å²) in [6, 6.07) is 2.30. The number of carbonyl (C=O) groups excluding carboxylic acids is 1. The van der Waals surface area contributed by atoms with Crippen LogP contribution in [0, 0.1) is 6.92 Å². The molecule has 1 aliphatic carbocycles. The number of carbonyl (C=O) groups is 1. The van der Waals surface area contributed by atoms with E-state index >= 15 is 0 Å². The lowest BCUT2D eigenvalue weighted by atomic mass is 9.95. The number of nitrogens with one attached hydrogen (secondary N) is 1. The van der Waals surface area contributed by atoms with E-state index in [4.69, 9.17) is 0 Å². The molecule has 6 heteroatoms. The number of hydrogen-bond acceptors (Lipinski definition) is 3. The predicted octanol–water partition coefficient (Wildman–Crippen LogP) is 2.40. The zero-order chi connectivity index (χ0) is 16.2. The first-order valence-electron chi connectivity index (χ1n) is 8.45. The summed E-state index contributed by atoms with van der Waals surface area (Å²) in [7, 11) is 1.77. The summed E-state index contributed by atoms with van der Waals surface area (Å²) in [6.07, 6.45) is 10.8. The average Bonchev–Trinajstić information content (AvgIpc) is 3.14. The summed E-state index contributed by atoms with van der Waals surface area (Å²) in [6.45, 7) is 2.71. The molecular formula is C17H25N5O. The van der Waals surface area contributed by atoms with Gasteiger partial charge in [0.15, 0.2) is 0 Å². The zero-order valence-electron chi connectivity index (χ0n) is 14.0. The maximum atomic E-state index is 12.1. The van der Waals surface area contributed by atoms with Crippen molar-refractivity contribution in [1.29, 1.82) is 0 Å². The number of amides is 1. The van der Waals surface area contributed by atoms with Crippen molar-refractivity contribution in [3.63, 3.8) is 0 Å². The third-order valence-electron chi connectivity index (χ3n) is 4.69. The van der Waals surface area contributed by atoms with E-state index < -0.39 is 0 Å². The Bertz CT molecular complexity index is 666. The van der Waals surface area contributed by atoms with Gasteiger partial charge in [0.05, 0.1) is 0 Å². The van der Waals surface area contributed by atoms with Gasteiger partial charge in [-0.05, 0) is 25.8 Å². The Morgan fingerprint density at radius 3 is 2.83 bits per heavy atom. The van der Waals surface area contributed by atoms with Crippen molar-refractivity contribution in [3.05, 3.63) is 35.7 Å². The van der Waals surface area contributed by atoms with Gasteiger partial charge in [0.25, 0.3) is 5.91 Å². The van der Waals surface area contributed by atoms with Gasteiger partial charge in [0.2, 0.25) is 0 Å². The Morgan fingerprint density at radius 1 is 1.35 bits per heavy atom. The summed E-state index contributed by atoms with van der Waals surface area (Å²) in [5, 5.41) is 6.98. The molecule has 0 saturated heterocycles. The SMILES string of the molecule is Cc1cnc(CCNC(=O)c2ccnn2C)n1C1CCCCC1.